The van der Waals surface area contributed by atoms with Crippen LogP contribution in [0.15, 0.2) is 24.3 Å². The zero-order chi connectivity index (χ0) is 23.3. The SMILES string of the molecule is CN(CCCN)CCCNC(=O)C(=O)NCc1ccc(CN2CCC(C(N)=O)CC2)cc1. The fraction of sp³-hybridized carbons (Fsp3) is 0.609. The molecule has 1 aromatic rings. The molecular weight excluding hydrogens is 408 g/mol. The van der Waals surface area contributed by atoms with E-state index in [0.29, 0.717) is 19.6 Å². The number of nitrogens with zero attached hydrogens (tertiary/aromatic N) is 2. The van der Waals surface area contributed by atoms with Crippen molar-refractivity contribution in [3.63, 3.8) is 0 Å². The van der Waals surface area contributed by atoms with Crippen LogP contribution in [0.25, 0.3) is 0 Å². The van der Waals surface area contributed by atoms with E-state index in [2.05, 4.69) is 20.4 Å². The highest BCUT2D eigenvalue weighted by Gasteiger charge is 2.22. The van der Waals surface area contributed by atoms with E-state index in [0.717, 1.165) is 64.0 Å². The van der Waals surface area contributed by atoms with E-state index in [-0.39, 0.29) is 11.8 Å². The molecule has 1 aliphatic heterocycles. The van der Waals surface area contributed by atoms with E-state index in [9.17, 15) is 14.4 Å². The third kappa shape index (κ3) is 9.33. The Morgan fingerprint density at radius 2 is 1.59 bits per heavy atom. The lowest BCUT2D eigenvalue weighted by molar-refractivity contribution is -0.139. The molecule has 1 aromatic carbocycles. The molecule has 32 heavy (non-hydrogen) atoms. The first-order valence-corrected chi connectivity index (χ1v) is 11.4. The van der Waals surface area contributed by atoms with Crippen LogP contribution >= 0.6 is 0 Å². The summed E-state index contributed by atoms with van der Waals surface area (Å²) in [5.41, 5.74) is 13.0. The maximum atomic E-state index is 12.0. The van der Waals surface area contributed by atoms with Crippen LogP contribution < -0.4 is 22.1 Å². The van der Waals surface area contributed by atoms with Crippen molar-refractivity contribution in [2.45, 2.75) is 38.8 Å². The van der Waals surface area contributed by atoms with Gasteiger partial charge in [-0.15, -0.1) is 0 Å². The second-order valence-corrected chi connectivity index (χ2v) is 8.51. The molecule has 3 amide bonds. The van der Waals surface area contributed by atoms with Crippen LogP contribution in [-0.2, 0) is 27.5 Å². The zero-order valence-electron chi connectivity index (χ0n) is 19.1. The monoisotopic (exact) mass is 446 g/mol. The lowest BCUT2D eigenvalue weighted by Gasteiger charge is -2.30. The lowest BCUT2D eigenvalue weighted by atomic mass is 9.96. The molecule has 6 N–H and O–H groups in total. The van der Waals surface area contributed by atoms with Gasteiger partial charge in [-0.2, -0.15) is 0 Å². The van der Waals surface area contributed by atoms with Gasteiger partial charge in [-0.05, 0) is 76.6 Å². The molecule has 9 nitrogen and oxygen atoms in total. The van der Waals surface area contributed by atoms with Crippen molar-refractivity contribution >= 4 is 17.7 Å². The summed E-state index contributed by atoms with van der Waals surface area (Å²) in [5, 5.41) is 5.32. The van der Waals surface area contributed by atoms with Gasteiger partial charge in [0.2, 0.25) is 5.91 Å². The van der Waals surface area contributed by atoms with Crippen LogP contribution in [0.5, 0.6) is 0 Å². The average Bonchev–Trinajstić information content (AvgIpc) is 2.80. The van der Waals surface area contributed by atoms with Gasteiger partial charge in [0.05, 0.1) is 0 Å². The van der Waals surface area contributed by atoms with E-state index in [1.165, 1.54) is 5.56 Å². The number of likely N-dealkylation sites (tertiary alicyclic amines) is 1. The minimum absolute atomic E-state index is 0.00268. The van der Waals surface area contributed by atoms with Crippen LogP contribution in [0.4, 0.5) is 0 Å². The molecule has 0 bridgehead atoms. The molecule has 1 heterocycles. The van der Waals surface area contributed by atoms with E-state index in [4.69, 9.17) is 11.5 Å². The summed E-state index contributed by atoms with van der Waals surface area (Å²) < 4.78 is 0. The summed E-state index contributed by atoms with van der Waals surface area (Å²) in [6.07, 6.45) is 3.35. The van der Waals surface area contributed by atoms with Crippen LogP contribution in [0, 0.1) is 5.92 Å². The number of nitrogens with two attached hydrogens (primary N) is 2. The maximum Gasteiger partial charge on any atom is 0.309 e. The first-order chi connectivity index (χ1) is 15.4. The van der Waals surface area contributed by atoms with Gasteiger partial charge in [-0.25, -0.2) is 0 Å². The van der Waals surface area contributed by atoms with Crippen molar-refractivity contribution < 1.29 is 14.4 Å². The van der Waals surface area contributed by atoms with Gasteiger partial charge in [0.1, 0.15) is 0 Å². The number of rotatable bonds is 12. The normalized spacial score (nSPS) is 15.0. The van der Waals surface area contributed by atoms with E-state index in [1.54, 1.807) is 0 Å². The summed E-state index contributed by atoms with van der Waals surface area (Å²) in [4.78, 5) is 39.7. The average molecular weight is 447 g/mol. The molecule has 1 fully saturated rings. The molecular formula is C23H38N6O3. The predicted octanol–water partition coefficient (Wildman–Crippen LogP) is -0.213. The number of nitrogens with one attached hydrogen (secondary N) is 2. The van der Waals surface area contributed by atoms with Crippen molar-refractivity contribution in [1.29, 1.82) is 0 Å². The van der Waals surface area contributed by atoms with Gasteiger partial charge >= 0.3 is 11.8 Å². The molecule has 0 saturated carbocycles. The number of hydrogen-bond donors (Lipinski definition) is 4. The topological polar surface area (TPSA) is 134 Å². The smallest absolute Gasteiger partial charge is 0.309 e. The van der Waals surface area contributed by atoms with E-state index in [1.807, 2.05) is 31.3 Å². The Morgan fingerprint density at radius 1 is 1.00 bits per heavy atom. The van der Waals surface area contributed by atoms with E-state index < -0.39 is 11.8 Å². The summed E-state index contributed by atoms with van der Waals surface area (Å²) in [6.45, 7) is 5.76. The number of hydrogen-bond acceptors (Lipinski definition) is 6. The van der Waals surface area contributed by atoms with Gasteiger partial charge in [-0.3, -0.25) is 19.3 Å². The Morgan fingerprint density at radius 3 is 2.22 bits per heavy atom. The maximum absolute atomic E-state index is 12.0. The molecule has 9 heteroatoms. The van der Waals surface area contributed by atoms with Crippen molar-refractivity contribution in [3.05, 3.63) is 35.4 Å². The molecule has 0 aliphatic carbocycles. The minimum atomic E-state index is -0.622. The zero-order valence-corrected chi connectivity index (χ0v) is 19.1. The van der Waals surface area contributed by atoms with Gasteiger partial charge in [-0.1, -0.05) is 24.3 Å². The van der Waals surface area contributed by atoms with E-state index >= 15 is 0 Å². The number of primary amides is 1. The first kappa shape index (κ1) is 25.8. The molecule has 0 unspecified atom stereocenters. The Balaban J connectivity index is 1.63. The van der Waals surface area contributed by atoms with Crippen LogP contribution in [0.2, 0.25) is 0 Å². The predicted molar refractivity (Wildman–Crippen MR) is 124 cm³/mol. The van der Waals surface area contributed by atoms with Crippen molar-refractivity contribution in [2.75, 3.05) is 46.3 Å². The van der Waals surface area contributed by atoms with Gasteiger partial charge in [0, 0.05) is 25.6 Å². The molecule has 0 spiro atoms. The quantitative estimate of drug-likeness (QED) is 0.259. The van der Waals surface area contributed by atoms with Gasteiger partial charge < -0.3 is 27.0 Å². The molecule has 1 aliphatic rings. The molecule has 178 valence electrons. The second kappa shape index (κ2) is 13.8. The number of carbonyl (C=O) groups excluding carboxylic acids is 3. The third-order valence-corrected chi connectivity index (χ3v) is 5.82. The molecule has 1 saturated heterocycles. The summed E-state index contributed by atoms with van der Waals surface area (Å²) in [7, 11) is 2.02. The van der Waals surface area contributed by atoms with Crippen molar-refractivity contribution in [1.82, 2.24) is 20.4 Å². The van der Waals surface area contributed by atoms with Crippen LogP contribution in [0.3, 0.4) is 0 Å². The Labute approximate surface area is 190 Å². The number of piperidine rings is 1. The van der Waals surface area contributed by atoms with Gasteiger partial charge in [0.25, 0.3) is 0 Å². The molecule has 2 rings (SSSR count). The van der Waals surface area contributed by atoms with Crippen LogP contribution in [-0.4, -0.2) is 73.8 Å². The number of amides is 3. The summed E-state index contributed by atoms with van der Waals surface area (Å²) >= 11 is 0. The first-order valence-electron chi connectivity index (χ1n) is 11.4. The summed E-state index contributed by atoms with van der Waals surface area (Å²) in [6, 6.07) is 7.98. The summed E-state index contributed by atoms with van der Waals surface area (Å²) in [5.74, 6) is -1.43. The Hall–Kier alpha value is -2.49. The minimum Gasteiger partial charge on any atom is -0.369 e. The second-order valence-electron chi connectivity index (χ2n) is 8.51. The highest BCUT2D eigenvalue weighted by molar-refractivity contribution is 6.35. The largest absolute Gasteiger partial charge is 0.369 e. The number of carbonyl (C=O) groups is 3. The van der Waals surface area contributed by atoms with Crippen molar-refractivity contribution in [2.24, 2.45) is 17.4 Å². The lowest BCUT2D eigenvalue weighted by Crippen LogP contribution is -2.40. The standard InChI is InChI=1S/C23H38N6O3/c1-28(12-2-10-24)13-3-11-26-22(31)23(32)27-16-18-4-6-19(7-5-18)17-29-14-8-20(9-15-29)21(25)30/h4-7,20H,2-3,8-17,24H2,1H3,(H2,25,30)(H,26,31)(H,27,32). The number of benzene rings is 1. The molecule has 0 radical (unpaired) electrons. The highest BCUT2D eigenvalue weighted by atomic mass is 16.2. The molecule has 0 atom stereocenters. The van der Waals surface area contributed by atoms with Gasteiger partial charge in [0.15, 0.2) is 0 Å². The van der Waals surface area contributed by atoms with Crippen LogP contribution in [0.1, 0.15) is 36.8 Å². The third-order valence-electron chi connectivity index (χ3n) is 5.82. The fourth-order valence-electron chi connectivity index (χ4n) is 3.76. The highest BCUT2D eigenvalue weighted by Crippen LogP contribution is 2.18. The van der Waals surface area contributed by atoms with Crippen molar-refractivity contribution in [3.8, 4) is 0 Å². The fourth-order valence-corrected chi connectivity index (χ4v) is 3.76. The Kier molecular flexibility index (Phi) is 11.1. The Bertz CT molecular complexity index is 732. The molecule has 0 aromatic heterocycles.